The van der Waals surface area contributed by atoms with Gasteiger partial charge in [0.25, 0.3) is 0 Å². The maximum absolute atomic E-state index is 9.57. The van der Waals surface area contributed by atoms with Gasteiger partial charge in [0, 0.05) is 5.41 Å². The van der Waals surface area contributed by atoms with Crippen molar-refractivity contribution in [3.05, 3.63) is 155 Å². The Morgan fingerprint density at radius 3 is 1.03 bits per heavy atom. The van der Waals surface area contributed by atoms with E-state index in [-0.39, 0.29) is 16.9 Å². The van der Waals surface area contributed by atoms with Gasteiger partial charge in [0.1, 0.15) is 23.0 Å². The van der Waals surface area contributed by atoms with Crippen molar-refractivity contribution in [3.8, 4) is 23.0 Å². The molecule has 5 rings (SSSR count). The van der Waals surface area contributed by atoms with E-state index in [2.05, 4.69) is 19.1 Å². The lowest BCUT2D eigenvalue weighted by molar-refractivity contribution is 0.474. The van der Waals surface area contributed by atoms with Crippen LogP contribution in [-0.4, -0.2) is 20.4 Å². The fourth-order valence-electron chi connectivity index (χ4n) is 4.47. The minimum Gasteiger partial charge on any atom is -0.508 e. The van der Waals surface area contributed by atoms with Crippen LogP contribution >= 0.6 is 0 Å². The summed E-state index contributed by atoms with van der Waals surface area (Å²) >= 11 is 0. The van der Waals surface area contributed by atoms with Crippen LogP contribution in [0.1, 0.15) is 34.7 Å². The average Bonchev–Trinajstić information content (AvgIpc) is 2.95. The first-order chi connectivity index (χ1) is 18.3. The largest absolute Gasteiger partial charge is 0.508 e. The van der Waals surface area contributed by atoms with Gasteiger partial charge >= 0.3 is 0 Å². The maximum atomic E-state index is 9.57. The van der Waals surface area contributed by atoms with Crippen molar-refractivity contribution >= 4 is 0 Å². The van der Waals surface area contributed by atoms with E-state index in [9.17, 15) is 10.2 Å². The summed E-state index contributed by atoms with van der Waals surface area (Å²) in [5.41, 5.74) is 5.37. The molecule has 0 spiro atoms. The predicted octanol–water partition coefficient (Wildman–Crippen LogP) is 7.34. The zero-order valence-electron chi connectivity index (χ0n) is 21.3. The van der Waals surface area contributed by atoms with Gasteiger partial charge in [0.2, 0.25) is 0 Å². The number of rotatable bonds is 6. The van der Waals surface area contributed by atoms with Crippen molar-refractivity contribution in [2.24, 2.45) is 0 Å². The Kier molecular flexibility index (Phi) is 8.34. The summed E-state index contributed by atoms with van der Waals surface area (Å²) in [5, 5.41) is 37.4. The van der Waals surface area contributed by atoms with Crippen LogP contribution < -0.4 is 0 Å². The summed E-state index contributed by atoms with van der Waals surface area (Å²) < 4.78 is 0. The molecule has 0 amide bonds. The quantitative estimate of drug-likeness (QED) is 0.182. The molecule has 0 aliphatic carbocycles. The molecule has 0 fully saturated rings. The summed E-state index contributed by atoms with van der Waals surface area (Å²) in [4.78, 5) is 0. The van der Waals surface area contributed by atoms with Crippen LogP contribution in [0.4, 0.5) is 0 Å². The molecule has 5 aromatic carbocycles. The molecule has 0 saturated carbocycles. The SMILES string of the molecule is CC(c1ccccc1)(c1ccc(O)cc1)c1ccc(O)cc1.Oc1ccc(CCc2ccc(O)cc2)cc1. The van der Waals surface area contributed by atoms with Gasteiger partial charge in [-0.05, 0) is 96.1 Å². The highest BCUT2D eigenvalue weighted by Gasteiger charge is 2.30. The van der Waals surface area contributed by atoms with Gasteiger partial charge < -0.3 is 20.4 Å². The summed E-state index contributed by atoms with van der Waals surface area (Å²) in [6, 6.07) is 39.3. The molecule has 4 nitrogen and oxygen atoms in total. The lowest BCUT2D eigenvalue weighted by atomic mass is 9.71. The fraction of sp³-hybridized carbons (Fsp3) is 0.118. The van der Waals surface area contributed by atoms with Crippen molar-refractivity contribution < 1.29 is 20.4 Å². The maximum Gasteiger partial charge on any atom is 0.115 e. The lowest BCUT2D eigenvalue weighted by Crippen LogP contribution is -2.25. The second-order valence-corrected chi connectivity index (χ2v) is 9.42. The molecule has 0 aliphatic heterocycles. The Balaban J connectivity index is 0.000000186. The minimum absolute atomic E-state index is 0.255. The van der Waals surface area contributed by atoms with Gasteiger partial charge in [0.05, 0.1) is 0 Å². The molecule has 4 N–H and O–H groups in total. The van der Waals surface area contributed by atoms with Gasteiger partial charge in [0.15, 0.2) is 0 Å². The van der Waals surface area contributed by atoms with Crippen molar-refractivity contribution in [2.45, 2.75) is 25.2 Å². The van der Waals surface area contributed by atoms with E-state index in [1.165, 1.54) is 11.1 Å². The highest BCUT2D eigenvalue weighted by Crippen LogP contribution is 2.39. The fourth-order valence-corrected chi connectivity index (χ4v) is 4.47. The van der Waals surface area contributed by atoms with E-state index < -0.39 is 0 Å². The number of hydrogen-bond acceptors (Lipinski definition) is 4. The average molecular weight is 505 g/mol. The zero-order valence-corrected chi connectivity index (χ0v) is 21.3. The number of aromatic hydroxyl groups is 4. The van der Waals surface area contributed by atoms with Crippen LogP contribution in [0.5, 0.6) is 23.0 Å². The summed E-state index contributed by atoms with van der Waals surface area (Å²) in [7, 11) is 0. The molecule has 0 radical (unpaired) electrons. The molecule has 38 heavy (non-hydrogen) atoms. The molecule has 4 heteroatoms. The Labute approximate surface area is 223 Å². The van der Waals surface area contributed by atoms with Gasteiger partial charge in [-0.1, -0.05) is 78.9 Å². The summed E-state index contributed by atoms with van der Waals surface area (Å²) in [6.45, 7) is 2.15. The van der Waals surface area contributed by atoms with Crippen LogP contribution in [0.3, 0.4) is 0 Å². The normalized spacial score (nSPS) is 10.9. The highest BCUT2D eigenvalue weighted by atomic mass is 16.3. The van der Waals surface area contributed by atoms with Crippen molar-refractivity contribution in [1.29, 1.82) is 0 Å². The topological polar surface area (TPSA) is 80.9 Å². The second kappa shape index (κ2) is 12.0. The highest BCUT2D eigenvalue weighted by molar-refractivity contribution is 5.51. The Bertz CT molecular complexity index is 1320. The van der Waals surface area contributed by atoms with E-state index in [4.69, 9.17) is 10.2 Å². The van der Waals surface area contributed by atoms with Gasteiger partial charge in [-0.25, -0.2) is 0 Å². The predicted molar refractivity (Wildman–Crippen MR) is 152 cm³/mol. The van der Waals surface area contributed by atoms with E-state index >= 15 is 0 Å². The van der Waals surface area contributed by atoms with E-state index in [0.717, 1.165) is 29.5 Å². The summed E-state index contributed by atoms with van der Waals surface area (Å²) in [5.74, 6) is 1.11. The molecule has 192 valence electrons. The van der Waals surface area contributed by atoms with Crippen LogP contribution in [0, 0.1) is 0 Å². The Morgan fingerprint density at radius 2 is 0.684 bits per heavy atom. The molecule has 0 bridgehead atoms. The Hall–Kier alpha value is -4.70. The molecule has 0 saturated heterocycles. The van der Waals surface area contributed by atoms with Crippen LogP contribution in [0.2, 0.25) is 0 Å². The van der Waals surface area contributed by atoms with Gasteiger partial charge in [-0.3, -0.25) is 0 Å². The van der Waals surface area contributed by atoms with Gasteiger partial charge in [-0.15, -0.1) is 0 Å². The van der Waals surface area contributed by atoms with Crippen LogP contribution in [-0.2, 0) is 18.3 Å². The van der Waals surface area contributed by atoms with Crippen molar-refractivity contribution in [1.82, 2.24) is 0 Å². The second-order valence-electron chi connectivity index (χ2n) is 9.42. The number of hydrogen-bond donors (Lipinski definition) is 4. The third-order valence-electron chi connectivity index (χ3n) is 6.82. The first-order valence-corrected chi connectivity index (χ1v) is 12.5. The van der Waals surface area contributed by atoms with Crippen molar-refractivity contribution in [3.63, 3.8) is 0 Å². The zero-order chi connectivity index (χ0) is 27.0. The molecular formula is C34H32O4. The monoisotopic (exact) mass is 504 g/mol. The molecule has 5 aromatic rings. The third kappa shape index (κ3) is 6.54. The Morgan fingerprint density at radius 1 is 0.395 bits per heavy atom. The molecule has 0 aromatic heterocycles. The number of aryl methyl sites for hydroxylation is 2. The first-order valence-electron chi connectivity index (χ1n) is 12.5. The molecular weight excluding hydrogens is 472 g/mol. The number of phenols is 4. The first kappa shape index (κ1) is 26.4. The standard InChI is InChI=1S/C20H18O2.C14H14O2/c1-20(15-5-3-2-4-6-15,16-7-11-18(21)12-8-16)17-9-13-19(22)14-10-17;15-13-7-3-11(4-8-13)1-2-12-5-9-14(16)10-6-12/h2-14,21-22H,1H3;3-10,15-16H,1-2H2. The van der Waals surface area contributed by atoms with Gasteiger partial charge in [-0.2, -0.15) is 0 Å². The van der Waals surface area contributed by atoms with E-state index in [0.29, 0.717) is 11.5 Å². The van der Waals surface area contributed by atoms with E-state index in [1.54, 1.807) is 48.5 Å². The smallest absolute Gasteiger partial charge is 0.115 e. The third-order valence-corrected chi connectivity index (χ3v) is 6.82. The van der Waals surface area contributed by atoms with Crippen molar-refractivity contribution in [2.75, 3.05) is 0 Å². The molecule has 0 aliphatic rings. The molecule has 0 unspecified atom stereocenters. The molecule has 0 atom stereocenters. The van der Waals surface area contributed by atoms with Crippen LogP contribution in [0.15, 0.2) is 127 Å². The van der Waals surface area contributed by atoms with E-state index in [1.807, 2.05) is 66.7 Å². The molecule has 0 heterocycles. The minimum atomic E-state index is -0.358. The number of benzene rings is 5. The summed E-state index contributed by atoms with van der Waals surface area (Å²) in [6.07, 6.45) is 1.87. The van der Waals surface area contributed by atoms with Crippen LogP contribution in [0.25, 0.3) is 0 Å². The number of phenolic OH excluding ortho intramolecular Hbond substituents is 4. The lowest BCUT2D eigenvalue weighted by Gasteiger charge is -2.32.